The van der Waals surface area contributed by atoms with Crippen LogP contribution in [0.15, 0.2) is 24.3 Å². The normalized spacial score (nSPS) is 12.0. The molecule has 1 amide bonds. The summed E-state index contributed by atoms with van der Waals surface area (Å²) in [4.78, 5) is 23.2. The van der Waals surface area contributed by atoms with E-state index in [0.29, 0.717) is 12.1 Å². The number of carbonyl (C=O) groups is 2. The third-order valence-corrected chi connectivity index (χ3v) is 4.21. The zero-order valence-electron chi connectivity index (χ0n) is 14.5. The summed E-state index contributed by atoms with van der Waals surface area (Å²) in [5.41, 5.74) is 4.33. The number of carboxylic acid groups (broad SMARTS) is 1. The first kappa shape index (κ1) is 17.7. The van der Waals surface area contributed by atoms with Crippen LogP contribution in [0.5, 0.6) is 0 Å². The van der Waals surface area contributed by atoms with Gasteiger partial charge in [-0.3, -0.25) is 14.3 Å². The van der Waals surface area contributed by atoms with Crippen molar-refractivity contribution in [3.8, 4) is 0 Å². The third kappa shape index (κ3) is 4.01. The highest BCUT2D eigenvalue weighted by molar-refractivity contribution is 5.96. The van der Waals surface area contributed by atoms with Crippen molar-refractivity contribution >= 4 is 17.6 Å². The van der Waals surface area contributed by atoms with E-state index in [0.717, 1.165) is 22.5 Å². The molecule has 0 bridgehead atoms. The zero-order chi connectivity index (χ0) is 17.9. The molecular weight excluding hydrogens is 306 g/mol. The van der Waals surface area contributed by atoms with E-state index in [1.807, 2.05) is 46.0 Å². The molecule has 1 heterocycles. The van der Waals surface area contributed by atoms with Gasteiger partial charge >= 0.3 is 5.97 Å². The Balaban J connectivity index is 2.11. The lowest BCUT2D eigenvalue weighted by atomic mass is 9.98. The van der Waals surface area contributed by atoms with E-state index in [4.69, 9.17) is 5.11 Å². The first-order valence-corrected chi connectivity index (χ1v) is 7.91. The molecule has 6 heteroatoms. The molecule has 0 spiro atoms. The maximum absolute atomic E-state index is 12.6. The van der Waals surface area contributed by atoms with Gasteiger partial charge in [-0.05, 0) is 44.9 Å². The molecule has 0 aliphatic heterocycles. The van der Waals surface area contributed by atoms with Gasteiger partial charge < -0.3 is 10.4 Å². The van der Waals surface area contributed by atoms with Crippen molar-refractivity contribution in [3.05, 3.63) is 46.8 Å². The number of aryl methyl sites for hydroxylation is 3. The van der Waals surface area contributed by atoms with E-state index < -0.39 is 5.97 Å². The fraction of sp³-hybridized carbons (Fsp3) is 0.389. The molecule has 1 aromatic carbocycles. The summed E-state index contributed by atoms with van der Waals surface area (Å²) in [6.07, 6.45) is 0.511. The molecule has 2 rings (SSSR count). The highest BCUT2D eigenvalue weighted by Crippen LogP contribution is 2.24. The smallest absolute Gasteiger partial charge is 0.303 e. The molecule has 0 aliphatic rings. The molecule has 1 atom stereocenters. The van der Waals surface area contributed by atoms with Crippen LogP contribution < -0.4 is 5.32 Å². The molecule has 2 N–H and O–H groups in total. The Morgan fingerprint density at radius 3 is 2.62 bits per heavy atom. The van der Waals surface area contributed by atoms with Gasteiger partial charge in [0.2, 0.25) is 5.91 Å². The Morgan fingerprint density at radius 1 is 1.33 bits per heavy atom. The highest BCUT2D eigenvalue weighted by Gasteiger charge is 2.22. The van der Waals surface area contributed by atoms with E-state index in [9.17, 15) is 9.59 Å². The first-order valence-electron chi connectivity index (χ1n) is 7.91. The van der Waals surface area contributed by atoms with Crippen LogP contribution in [-0.2, 0) is 23.1 Å². The molecule has 128 valence electrons. The number of nitrogens with zero attached hydrogens (tertiary/aromatic N) is 2. The minimum Gasteiger partial charge on any atom is -0.481 e. The van der Waals surface area contributed by atoms with E-state index >= 15 is 0 Å². The van der Waals surface area contributed by atoms with E-state index in [-0.39, 0.29) is 18.2 Å². The monoisotopic (exact) mass is 329 g/mol. The molecule has 1 unspecified atom stereocenters. The maximum Gasteiger partial charge on any atom is 0.303 e. The number of carbonyl (C=O) groups excluding carboxylic acids is 1. The number of rotatable bonds is 6. The topological polar surface area (TPSA) is 84.2 Å². The van der Waals surface area contributed by atoms with Gasteiger partial charge in [0.25, 0.3) is 0 Å². The molecule has 1 aromatic heterocycles. The Bertz CT molecular complexity index is 765. The van der Waals surface area contributed by atoms with Crippen molar-refractivity contribution in [3.63, 3.8) is 0 Å². The number of amides is 1. The van der Waals surface area contributed by atoms with Crippen LogP contribution in [0.3, 0.4) is 0 Å². The Morgan fingerprint density at radius 2 is 2.04 bits per heavy atom. The number of hydrogen-bond acceptors (Lipinski definition) is 3. The Hall–Kier alpha value is -2.63. The lowest BCUT2D eigenvalue weighted by Crippen LogP contribution is -2.20. The lowest BCUT2D eigenvalue weighted by Gasteiger charge is -2.14. The van der Waals surface area contributed by atoms with Gasteiger partial charge in [-0.1, -0.05) is 12.1 Å². The standard InChI is InChI=1S/C18H23N3O3/c1-11(17-12(2)20-21(4)13(17)3)18(24)19-15-7-5-6-14(10-15)8-9-16(22)23/h5-7,10-11H,8-9H2,1-4H3,(H,19,24)(H,22,23). The molecule has 0 fully saturated rings. The average molecular weight is 329 g/mol. The van der Waals surface area contributed by atoms with Crippen molar-refractivity contribution in [2.24, 2.45) is 7.05 Å². The van der Waals surface area contributed by atoms with Crippen LogP contribution >= 0.6 is 0 Å². The average Bonchev–Trinajstić information content (AvgIpc) is 2.77. The van der Waals surface area contributed by atoms with Crippen LogP contribution in [-0.4, -0.2) is 26.8 Å². The van der Waals surface area contributed by atoms with Crippen LogP contribution in [0.1, 0.15) is 41.8 Å². The Labute approximate surface area is 141 Å². The SMILES string of the molecule is Cc1nn(C)c(C)c1C(C)C(=O)Nc1cccc(CCC(=O)O)c1. The molecule has 0 saturated heterocycles. The van der Waals surface area contributed by atoms with E-state index in [1.165, 1.54) is 0 Å². The quantitative estimate of drug-likeness (QED) is 0.853. The van der Waals surface area contributed by atoms with Gasteiger partial charge in [-0.15, -0.1) is 0 Å². The highest BCUT2D eigenvalue weighted by atomic mass is 16.4. The predicted molar refractivity (Wildman–Crippen MR) is 92.1 cm³/mol. The minimum atomic E-state index is -0.833. The summed E-state index contributed by atoms with van der Waals surface area (Å²) in [5.74, 6) is -1.26. The molecule has 2 aromatic rings. The molecular formula is C18H23N3O3. The van der Waals surface area contributed by atoms with Gasteiger partial charge in [0.05, 0.1) is 11.6 Å². The van der Waals surface area contributed by atoms with Gasteiger partial charge in [0.1, 0.15) is 0 Å². The van der Waals surface area contributed by atoms with Crippen molar-refractivity contribution in [1.29, 1.82) is 0 Å². The fourth-order valence-electron chi connectivity index (χ4n) is 2.85. The summed E-state index contributed by atoms with van der Waals surface area (Å²) in [6.45, 7) is 5.71. The number of benzene rings is 1. The van der Waals surface area contributed by atoms with E-state index in [2.05, 4.69) is 10.4 Å². The number of aliphatic carboxylic acids is 1. The summed E-state index contributed by atoms with van der Waals surface area (Å²) in [7, 11) is 1.86. The predicted octanol–water partition coefficient (Wildman–Crippen LogP) is 2.80. The lowest BCUT2D eigenvalue weighted by molar-refractivity contribution is -0.137. The van der Waals surface area contributed by atoms with Crippen molar-refractivity contribution in [1.82, 2.24) is 9.78 Å². The first-order chi connectivity index (χ1) is 11.3. The zero-order valence-corrected chi connectivity index (χ0v) is 14.5. The van der Waals surface area contributed by atoms with Gasteiger partial charge in [-0.25, -0.2) is 0 Å². The summed E-state index contributed by atoms with van der Waals surface area (Å²) < 4.78 is 1.78. The summed E-state index contributed by atoms with van der Waals surface area (Å²) in [5, 5.41) is 16.0. The third-order valence-electron chi connectivity index (χ3n) is 4.21. The van der Waals surface area contributed by atoms with Crippen molar-refractivity contribution in [2.45, 2.75) is 39.5 Å². The molecule has 0 radical (unpaired) electrons. The second kappa shape index (κ2) is 7.29. The molecule has 0 aliphatic carbocycles. The Kier molecular flexibility index (Phi) is 5.39. The van der Waals surface area contributed by atoms with Gasteiger partial charge in [0, 0.05) is 30.4 Å². The number of anilines is 1. The molecule has 0 saturated carbocycles. The van der Waals surface area contributed by atoms with Crippen LogP contribution in [0.4, 0.5) is 5.69 Å². The second-order valence-electron chi connectivity index (χ2n) is 6.01. The maximum atomic E-state index is 12.6. The summed E-state index contributed by atoms with van der Waals surface area (Å²) in [6, 6.07) is 7.30. The van der Waals surface area contributed by atoms with Crippen molar-refractivity contribution < 1.29 is 14.7 Å². The van der Waals surface area contributed by atoms with Crippen LogP contribution in [0.25, 0.3) is 0 Å². The number of aromatic nitrogens is 2. The summed E-state index contributed by atoms with van der Waals surface area (Å²) >= 11 is 0. The fourth-order valence-corrected chi connectivity index (χ4v) is 2.85. The van der Waals surface area contributed by atoms with E-state index in [1.54, 1.807) is 10.7 Å². The molecule has 6 nitrogen and oxygen atoms in total. The largest absolute Gasteiger partial charge is 0.481 e. The molecule has 24 heavy (non-hydrogen) atoms. The number of hydrogen-bond donors (Lipinski definition) is 2. The van der Waals surface area contributed by atoms with Crippen molar-refractivity contribution in [2.75, 3.05) is 5.32 Å². The van der Waals surface area contributed by atoms with Gasteiger partial charge in [-0.2, -0.15) is 5.10 Å². The second-order valence-corrected chi connectivity index (χ2v) is 6.01. The number of nitrogens with one attached hydrogen (secondary N) is 1. The van der Waals surface area contributed by atoms with Crippen LogP contribution in [0.2, 0.25) is 0 Å². The van der Waals surface area contributed by atoms with Gasteiger partial charge in [0.15, 0.2) is 0 Å². The minimum absolute atomic E-state index is 0.0713. The van der Waals surface area contributed by atoms with Crippen LogP contribution in [0, 0.1) is 13.8 Å². The number of carboxylic acids is 1.